The van der Waals surface area contributed by atoms with E-state index in [-0.39, 0.29) is 5.75 Å². The van der Waals surface area contributed by atoms with Gasteiger partial charge in [0, 0.05) is 16.8 Å². The van der Waals surface area contributed by atoms with Gasteiger partial charge in [-0.2, -0.15) is 0 Å². The lowest BCUT2D eigenvalue weighted by molar-refractivity contribution is 0.417. The van der Waals surface area contributed by atoms with Crippen LogP contribution in [-0.4, -0.2) is 21.3 Å². The first kappa shape index (κ1) is 13.8. The van der Waals surface area contributed by atoms with Gasteiger partial charge in [-0.3, -0.25) is 4.72 Å². The number of methoxy groups -OCH3 is 1. The Morgan fingerprint density at radius 3 is 2.62 bits per heavy atom. The lowest BCUT2D eigenvalue weighted by Gasteiger charge is -2.10. The van der Waals surface area contributed by atoms with Crippen LogP contribution in [0.5, 0.6) is 5.75 Å². The lowest BCUT2D eigenvalue weighted by atomic mass is 10.1. The smallest absolute Gasteiger partial charge is 0.232 e. The lowest BCUT2D eigenvalue weighted by Crippen LogP contribution is -2.15. The van der Waals surface area contributed by atoms with Gasteiger partial charge in [-0.1, -0.05) is 18.2 Å². The Kier molecular flexibility index (Phi) is 3.25. The molecule has 0 aliphatic heterocycles. The average molecular weight is 305 g/mol. The molecule has 0 radical (unpaired) electrons. The molecule has 2 aromatic carbocycles. The van der Waals surface area contributed by atoms with Crippen LogP contribution in [0, 0.1) is 0 Å². The molecule has 3 rings (SSSR count). The molecule has 0 atom stereocenters. The molecular formula is C15H15NO4S. The van der Waals surface area contributed by atoms with Crippen molar-refractivity contribution in [2.75, 3.05) is 17.6 Å². The zero-order valence-corrected chi connectivity index (χ0v) is 12.5. The second-order valence-electron chi connectivity index (χ2n) is 4.65. The van der Waals surface area contributed by atoms with Crippen LogP contribution in [-0.2, 0) is 10.0 Å². The number of hydrogen-bond donors (Lipinski definition) is 1. The molecule has 0 fully saturated rings. The van der Waals surface area contributed by atoms with E-state index in [0.29, 0.717) is 17.0 Å². The quantitative estimate of drug-likeness (QED) is 0.802. The Morgan fingerprint density at radius 2 is 1.90 bits per heavy atom. The van der Waals surface area contributed by atoms with Gasteiger partial charge in [0.2, 0.25) is 10.0 Å². The van der Waals surface area contributed by atoms with Gasteiger partial charge >= 0.3 is 0 Å². The fraction of sp³-hybridized carbons (Fsp3) is 0.200. The molecule has 0 saturated heterocycles. The van der Waals surface area contributed by atoms with E-state index in [1.807, 2.05) is 24.3 Å². The molecule has 3 aromatic rings. The maximum Gasteiger partial charge on any atom is 0.232 e. The molecule has 1 aromatic heterocycles. The molecule has 21 heavy (non-hydrogen) atoms. The molecular weight excluding hydrogens is 290 g/mol. The first-order valence-electron chi connectivity index (χ1n) is 6.54. The maximum absolute atomic E-state index is 11.7. The zero-order chi connectivity index (χ0) is 15.0. The average Bonchev–Trinajstić information content (AvgIpc) is 2.83. The number of hydrogen-bond acceptors (Lipinski definition) is 4. The van der Waals surface area contributed by atoms with Gasteiger partial charge < -0.3 is 9.15 Å². The summed E-state index contributed by atoms with van der Waals surface area (Å²) in [6.45, 7) is 1.58. The fourth-order valence-electron chi connectivity index (χ4n) is 2.24. The number of rotatable bonds is 4. The molecule has 110 valence electrons. The predicted molar refractivity (Wildman–Crippen MR) is 83.4 cm³/mol. The normalized spacial score (nSPS) is 11.9. The highest BCUT2D eigenvalue weighted by Crippen LogP contribution is 2.36. The summed E-state index contributed by atoms with van der Waals surface area (Å²) in [5.41, 5.74) is 1.75. The number of sulfonamides is 1. The monoisotopic (exact) mass is 305 g/mol. The number of anilines is 1. The Hall–Kier alpha value is -2.21. The van der Waals surface area contributed by atoms with Gasteiger partial charge in [0.1, 0.15) is 16.9 Å². The van der Waals surface area contributed by atoms with Crippen LogP contribution >= 0.6 is 0 Å². The summed E-state index contributed by atoms with van der Waals surface area (Å²) in [6, 6.07) is 11.1. The van der Waals surface area contributed by atoms with E-state index in [1.54, 1.807) is 19.1 Å². The largest absolute Gasteiger partial charge is 0.495 e. The highest BCUT2D eigenvalue weighted by Gasteiger charge is 2.15. The second kappa shape index (κ2) is 4.96. The Bertz CT molecular complexity index is 912. The summed E-state index contributed by atoms with van der Waals surface area (Å²) in [7, 11) is -1.87. The fourth-order valence-corrected chi connectivity index (χ4v) is 2.88. The third-order valence-corrected chi connectivity index (χ3v) is 4.64. The number of nitrogens with one attached hydrogen (secondary N) is 1. The van der Waals surface area contributed by atoms with Crippen molar-refractivity contribution in [1.82, 2.24) is 0 Å². The van der Waals surface area contributed by atoms with Crippen LogP contribution in [0.3, 0.4) is 0 Å². The summed E-state index contributed by atoms with van der Waals surface area (Å²) in [4.78, 5) is 0. The highest BCUT2D eigenvalue weighted by atomic mass is 32.2. The molecule has 0 aliphatic rings. The predicted octanol–water partition coefficient (Wildman–Crippen LogP) is 3.36. The minimum Gasteiger partial charge on any atom is -0.495 e. The number of furan rings is 1. The van der Waals surface area contributed by atoms with Gasteiger partial charge in [0.05, 0.1) is 18.6 Å². The first-order chi connectivity index (χ1) is 10.0. The summed E-state index contributed by atoms with van der Waals surface area (Å²) in [5, 5.41) is 1.86. The van der Waals surface area contributed by atoms with E-state index < -0.39 is 10.0 Å². The molecule has 0 amide bonds. The van der Waals surface area contributed by atoms with Crippen LogP contribution in [0.1, 0.15) is 6.92 Å². The van der Waals surface area contributed by atoms with E-state index in [4.69, 9.17) is 9.15 Å². The molecule has 0 aliphatic carbocycles. The van der Waals surface area contributed by atoms with Crippen molar-refractivity contribution in [3.8, 4) is 5.75 Å². The number of fused-ring (bicyclic) bond motifs is 3. The number of benzene rings is 2. The van der Waals surface area contributed by atoms with Gasteiger partial charge in [-0.15, -0.1) is 0 Å². The summed E-state index contributed by atoms with van der Waals surface area (Å²) in [6.07, 6.45) is 0. The standard InChI is InChI=1S/C15H15NO4S/c1-3-21(17,18)16-12-9-14-11(8-15(12)19-2)10-6-4-5-7-13(10)20-14/h4-9,16H,3H2,1-2H3. The van der Waals surface area contributed by atoms with E-state index in [1.165, 1.54) is 7.11 Å². The van der Waals surface area contributed by atoms with Crippen LogP contribution in [0.25, 0.3) is 21.9 Å². The van der Waals surface area contributed by atoms with Crippen molar-refractivity contribution in [2.24, 2.45) is 0 Å². The van der Waals surface area contributed by atoms with Gasteiger partial charge in [0.25, 0.3) is 0 Å². The molecule has 1 N–H and O–H groups in total. The van der Waals surface area contributed by atoms with E-state index in [9.17, 15) is 8.42 Å². The van der Waals surface area contributed by atoms with Crippen LogP contribution in [0.15, 0.2) is 40.8 Å². The third-order valence-electron chi connectivity index (χ3n) is 3.34. The second-order valence-corrected chi connectivity index (χ2v) is 6.66. The van der Waals surface area contributed by atoms with Crippen molar-refractivity contribution in [1.29, 1.82) is 0 Å². The number of ether oxygens (including phenoxy) is 1. The minimum atomic E-state index is -3.38. The summed E-state index contributed by atoms with van der Waals surface area (Å²) in [5.74, 6) is 0.458. The van der Waals surface area contributed by atoms with Crippen LogP contribution in [0.4, 0.5) is 5.69 Å². The minimum absolute atomic E-state index is 0.00563. The van der Waals surface area contributed by atoms with Crippen molar-refractivity contribution in [2.45, 2.75) is 6.92 Å². The van der Waals surface area contributed by atoms with Crippen molar-refractivity contribution < 1.29 is 17.6 Å². The third kappa shape index (κ3) is 2.42. The van der Waals surface area contributed by atoms with Gasteiger partial charge in [-0.25, -0.2) is 8.42 Å². The van der Waals surface area contributed by atoms with Crippen molar-refractivity contribution in [3.63, 3.8) is 0 Å². The summed E-state index contributed by atoms with van der Waals surface area (Å²) >= 11 is 0. The van der Waals surface area contributed by atoms with Crippen molar-refractivity contribution >= 4 is 37.6 Å². The van der Waals surface area contributed by atoms with Crippen LogP contribution < -0.4 is 9.46 Å². The van der Waals surface area contributed by atoms with Gasteiger partial charge in [-0.05, 0) is 19.1 Å². The highest BCUT2D eigenvalue weighted by molar-refractivity contribution is 7.92. The molecule has 0 unspecified atom stereocenters. The Morgan fingerprint density at radius 1 is 1.14 bits per heavy atom. The molecule has 5 nitrogen and oxygen atoms in total. The van der Waals surface area contributed by atoms with Crippen molar-refractivity contribution in [3.05, 3.63) is 36.4 Å². The maximum atomic E-state index is 11.7. The Balaban J connectivity index is 2.24. The van der Waals surface area contributed by atoms with E-state index in [2.05, 4.69) is 4.72 Å². The first-order valence-corrected chi connectivity index (χ1v) is 8.19. The van der Waals surface area contributed by atoms with E-state index >= 15 is 0 Å². The summed E-state index contributed by atoms with van der Waals surface area (Å²) < 4.78 is 37.1. The number of para-hydroxylation sites is 1. The van der Waals surface area contributed by atoms with E-state index in [0.717, 1.165) is 16.4 Å². The topological polar surface area (TPSA) is 68.5 Å². The zero-order valence-electron chi connectivity index (χ0n) is 11.7. The van der Waals surface area contributed by atoms with Crippen LogP contribution in [0.2, 0.25) is 0 Å². The SMILES string of the molecule is CCS(=O)(=O)Nc1cc2oc3ccccc3c2cc1OC. The molecule has 1 heterocycles. The molecule has 0 spiro atoms. The van der Waals surface area contributed by atoms with Gasteiger partial charge in [0.15, 0.2) is 0 Å². The molecule has 0 saturated carbocycles. The molecule has 6 heteroatoms. The Labute approximate surface area is 122 Å². The molecule has 0 bridgehead atoms.